The van der Waals surface area contributed by atoms with Gasteiger partial charge in [0.05, 0.1) is 31.5 Å². The number of ether oxygens (including phenoxy) is 1. The quantitative estimate of drug-likeness (QED) is 0.849. The highest BCUT2D eigenvalue weighted by Gasteiger charge is 2.32. The number of piperidine rings is 1. The van der Waals surface area contributed by atoms with Gasteiger partial charge in [0.15, 0.2) is 0 Å². The Kier molecular flexibility index (Phi) is 6.01. The smallest absolute Gasteiger partial charge is 0.237 e. The highest BCUT2D eigenvalue weighted by molar-refractivity contribution is 5.79. The zero-order valence-electron chi connectivity index (χ0n) is 16.4. The van der Waals surface area contributed by atoms with Crippen LogP contribution in [-0.2, 0) is 9.53 Å². The number of hydrogen-bond donors (Lipinski definition) is 1. The van der Waals surface area contributed by atoms with E-state index < -0.39 is 0 Å². The van der Waals surface area contributed by atoms with Gasteiger partial charge in [0.1, 0.15) is 5.82 Å². The van der Waals surface area contributed by atoms with Gasteiger partial charge in [-0.3, -0.25) is 9.69 Å². The van der Waals surface area contributed by atoms with Crippen molar-refractivity contribution in [3.63, 3.8) is 0 Å². The summed E-state index contributed by atoms with van der Waals surface area (Å²) < 4.78 is 19.9. The van der Waals surface area contributed by atoms with Gasteiger partial charge in [0.2, 0.25) is 11.9 Å². The molecule has 0 aliphatic carbocycles. The molecule has 1 atom stereocenters. The van der Waals surface area contributed by atoms with Crippen LogP contribution in [-0.4, -0.2) is 65.1 Å². The maximum atomic E-state index is 14.5. The van der Waals surface area contributed by atoms with Gasteiger partial charge in [-0.05, 0) is 25.3 Å². The zero-order valence-corrected chi connectivity index (χ0v) is 16.4. The van der Waals surface area contributed by atoms with Gasteiger partial charge in [-0.25, -0.2) is 14.4 Å². The molecule has 2 aliphatic heterocycles. The Balaban J connectivity index is 1.65. The Labute approximate surface area is 169 Å². The number of aromatic nitrogens is 2. The van der Waals surface area contributed by atoms with E-state index in [1.54, 1.807) is 24.4 Å². The largest absolute Gasteiger partial charge is 0.379 e. The molecule has 1 amide bonds. The van der Waals surface area contributed by atoms with Gasteiger partial charge >= 0.3 is 0 Å². The third-order valence-electron chi connectivity index (χ3n) is 5.60. The summed E-state index contributed by atoms with van der Waals surface area (Å²) in [6.45, 7) is 3.83. The van der Waals surface area contributed by atoms with Crippen LogP contribution in [0.25, 0.3) is 11.1 Å². The normalized spacial score (nSPS) is 20.6. The molecule has 2 fully saturated rings. The van der Waals surface area contributed by atoms with Crippen LogP contribution in [0.5, 0.6) is 0 Å². The Morgan fingerprint density at radius 1 is 1.17 bits per heavy atom. The summed E-state index contributed by atoms with van der Waals surface area (Å²) in [5, 5.41) is 0. The lowest BCUT2D eigenvalue weighted by Gasteiger charge is -2.38. The first-order chi connectivity index (χ1) is 14.1. The fourth-order valence-corrected chi connectivity index (χ4v) is 4.11. The van der Waals surface area contributed by atoms with E-state index in [0.29, 0.717) is 43.1 Å². The molecular weight excluding hydrogens is 373 g/mol. The number of rotatable bonds is 4. The minimum absolute atomic E-state index is 0.0632. The van der Waals surface area contributed by atoms with Crippen molar-refractivity contribution in [3.05, 3.63) is 42.0 Å². The fraction of sp³-hybridized carbons (Fsp3) is 0.476. The lowest BCUT2D eigenvalue weighted by molar-refractivity contribution is -0.137. The number of nitrogens with two attached hydrogens (primary N) is 1. The van der Waals surface area contributed by atoms with Gasteiger partial charge < -0.3 is 15.4 Å². The van der Waals surface area contributed by atoms with Crippen LogP contribution in [0.2, 0.25) is 0 Å². The molecule has 0 bridgehead atoms. The topological polar surface area (TPSA) is 84.6 Å². The minimum atomic E-state index is -0.343. The number of likely N-dealkylation sites (tertiary alicyclic amines) is 1. The molecule has 2 aromatic rings. The SMILES string of the molecule is Nc1ncc(-c2ccccc2F)c([C@H]2CCCCN2C(=O)CN2CCOCC2)n1. The molecule has 0 spiro atoms. The number of nitrogen functional groups attached to an aromatic ring is 1. The lowest BCUT2D eigenvalue weighted by atomic mass is 9.93. The van der Waals surface area contributed by atoms with Crippen molar-refractivity contribution < 1.29 is 13.9 Å². The number of anilines is 1. The molecule has 29 heavy (non-hydrogen) atoms. The van der Waals surface area contributed by atoms with Crippen LogP contribution in [0.1, 0.15) is 31.0 Å². The Morgan fingerprint density at radius 3 is 2.76 bits per heavy atom. The first kappa shape index (κ1) is 19.7. The molecule has 8 heteroatoms. The molecular formula is C21H26FN5O2. The van der Waals surface area contributed by atoms with E-state index in [1.807, 2.05) is 4.90 Å². The summed E-state index contributed by atoms with van der Waals surface area (Å²) in [5.41, 5.74) is 7.52. The van der Waals surface area contributed by atoms with Gasteiger partial charge in [0, 0.05) is 37.0 Å². The minimum Gasteiger partial charge on any atom is -0.379 e. The Bertz CT molecular complexity index is 872. The molecule has 1 aromatic heterocycles. The lowest BCUT2D eigenvalue weighted by Crippen LogP contribution is -2.47. The maximum Gasteiger partial charge on any atom is 0.237 e. The first-order valence-corrected chi connectivity index (χ1v) is 10.1. The number of amides is 1. The van der Waals surface area contributed by atoms with E-state index in [9.17, 15) is 9.18 Å². The Hall–Kier alpha value is -2.58. The fourth-order valence-electron chi connectivity index (χ4n) is 4.11. The van der Waals surface area contributed by atoms with Crippen LogP contribution in [0.4, 0.5) is 10.3 Å². The molecule has 154 valence electrons. The number of carbonyl (C=O) groups excluding carboxylic acids is 1. The molecule has 0 saturated carbocycles. The second kappa shape index (κ2) is 8.84. The number of benzene rings is 1. The maximum absolute atomic E-state index is 14.5. The molecule has 0 unspecified atom stereocenters. The number of nitrogens with zero attached hydrogens (tertiary/aromatic N) is 4. The summed E-state index contributed by atoms with van der Waals surface area (Å²) in [5.74, 6) is -0.149. The van der Waals surface area contributed by atoms with E-state index in [1.165, 1.54) is 6.07 Å². The van der Waals surface area contributed by atoms with Crippen LogP contribution in [0, 0.1) is 5.82 Å². The number of carbonyl (C=O) groups is 1. The second-order valence-corrected chi connectivity index (χ2v) is 7.49. The molecule has 2 N–H and O–H groups in total. The molecule has 2 saturated heterocycles. The van der Waals surface area contributed by atoms with Crippen molar-refractivity contribution in [2.24, 2.45) is 0 Å². The van der Waals surface area contributed by atoms with E-state index in [4.69, 9.17) is 10.5 Å². The molecule has 0 radical (unpaired) electrons. The number of morpholine rings is 1. The molecule has 3 heterocycles. The monoisotopic (exact) mass is 399 g/mol. The van der Waals surface area contributed by atoms with Gasteiger partial charge in [0.25, 0.3) is 0 Å². The molecule has 2 aliphatic rings. The number of hydrogen-bond acceptors (Lipinski definition) is 6. The third-order valence-corrected chi connectivity index (χ3v) is 5.60. The van der Waals surface area contributed by atoms with Crippen LogP contribution in [0.15, 0.2) is 30.5 Å². The summed E-state index contributed by atoms with van der Waals surface area (Å²) >= 11 is 0. The average Bonchev–Trinajstić information content (AvgIpc) is 2.75. The second-order valence-electron chi connectivity index (χ2n) is 7.49. The first-order valence-electron chi connectivity index (χ1n) is 10.1. The molecule has 7 nitrogen and oxygen atoms in total. The highest BCUT2D eigenvalue weighted by atomic mass is 19.1. The van der Waals surface area contributed by atoms with E-state index in [0.717, 1.165) is 32.4 Å². The van der Waals surface area contributed by atoms with Crippen LogP contribution < -0.4 is 5.73 Å². The summed E-state index contributed by atoms with van der Waals surface area (Å²) in [6.07, 6.45) is 4.26. The number of halogens is 1. The van der Waals surface area contributed by atoms with Crippen LogP contribution in [0.3, 0.4) is 0 Å². The van der Waals surface area contributed by atoms with Crippen molar-refractivity contribution in [3.8, 4) is 11.1 Å². The van der Waals surface area contributed by atoms with Crippen LogP contribution >= 0.6 is 0 Å². The van der Waals surface area contributed by atoms with Crippen molar-refractivity contribution in [2.45, 2.75) is 25.3 Å². The van der Waals surface area contributed by atoms with E-state index in [2.05, 4.69) is 14.9 Å². The van der Waals surface area contributed by atoms with Crippen molar-refractivity contribution in [1.29, 1.82) is 0 Å². The molecule has 1 aromatic carbocycles. The Morgan fingerprint density at radius 2 is 1.97 bits per heavy atom. The predicted octanol–water partition coefficient (Wildman–Crippen LogP) is 2.25. The summed E-state index contributed by atoms with van der Waals surface area (Å²) in [6, 6.07) is 6.31. The van der Waals surface area contributed by atoms with Gasteiger partial charge in [-0.1, -0.05) is 18.2 Å². The van der Waals surface area contributed by atoms with Crippen molar-refractivity contribution in [2.75, 3.05) is 45.1 Å². The molecule has 4 rings (SSSR count). The highest BCUT2D eigenvalue weighted by Crippen LogP contribution is 2.36. The van der Waals surface area contributed by atoms with Crippen molar-refractivity contribution >= 4 is 11.9 Å². The van der Waals surface area contributed by atoms with Gasteiger partial charge in [-0.2, -0.15) is 0 Å². The standard InChI is InChI=1S/C21H26FN5O2/c22-17-6-2-1-5-15(17)16-13-24-21(23)25-20(16)18-7-3-4-8-27(18)19(28)14-26-9-11-29-12-10-26/h1-2,5-6,13,18H,3-4,7-12,14H2,(H2,23,24,25)/t18-/m1/s1. The zero-order chi connectivity index (χ0) is 20.2. The van der Waals surface area contributed by atoms with E-state index in [-0.39, 0.29) is 23.7 Å². The predicted molar refractivity (Wildman–Crippen MR) is 107 cm³/mol. The van der Waals surface area contributed by atoms with E-state index >= 15 is 0 Å². The summed E-state index contributed by atoms with van der Waals surface area (Å²) in [4.78, 5) is 25.7. The summed E-state index contributed by atoms with van der Waals surface area (Å²) in [7, 11) is 0. The van der Waals surface area contributed by atoms with Gasteiger partial charge in [-0.15, -0.1) is 0 Å². The average molecular weight is 399 g/mol. The third kappa shape index (κ3) is 4.38. The van der Waals surface area contributed by atoms with Crippen molar-refractivity contribution in [1.82, 2.24) is 19.8 Å².